The number of piperazine rings is 2. The van der Waals surface area contributed by atoms with Crippen molar-refractivity contribution in [3.8, 4) is 0 Å². The Balaban J connectivity index is 1.78. The van der Waals surface area contributed by atoms with E-state index in [2.05, 4.69) is 18.7 Å². The molecule has 6 heteroatoms. The molecule has 1 unspecified atom stereocenters. The zero-order valence-electron chi connectivity index (χ0n) is 14.5. The van der Waals surface area contributed by atoms with E-state index in [9.17, 15) is 14.0 Å². The van der Waals surface area contributed by atoms with Gasteiger partial charge in [-0.05, 0) is 26.0 Å². The van der Waals surface area contributed by atoms with E-state index in [4.69, 9.17) is 0 Å². The molecule has 0 saturated carbocycles. The maximum atomic E-state index is 13.9. The summed E-state index contributed by atoms with van der Waals surface area (Å²) in [6.07, 6.45) is 0. The minimum absolute atomic E-state index is 0.0558. The monoisotopic (exact) mass is 333 g/mol. The van der Waals surface area contributed by atoms with Gasteiger partial charge in [0.2, 0.25) is 5.91 Å². The summed E-state index contributed by atoms with van der Waals surface area (Å²) in [4.78, 5) is 30.4. The molecule has 2 heterocycles. The molecular formula is C18H24FN3O2. The van der Waals surface area contributed by atoms with E-state index in [1.165, 1.54) is 12.1 Å². The Morgan fingerprint density at radius 2 is 1.79 bits per heavy atom. The first-order chi connectivity index (χ1) is 11.3. The largest absolute Gasteiger partial charge is 0.339 e. The molecule has 2 aliphatic rings. The van der Waals surface area contributed by atoms with Gasteiger partial charge in [-0.15, -0.1) is 0 Å². The summed E-state index contributed by atoms with van der Waals surface area (Å²) in [5.74, 6) is -0.704. The molecule has 130 valence electrons. The van der Waals surface area contributed by atoms with Crippen LogP contribution in [0.2, 0.25) is 0 Å². The lowest BCUT2D eigenvalue weighted by Gasteiger charge is -2.55. The van der Waals surface area contributed by atoms with Crippen LogP contribution in [0.25, 0.3) is 0 Å². The van der Waals surface area contributed by atoms with Crippen LogP contribution in [0.15, 0.2) is 24.3 Å². The molecule has 0 spiro atoms. The van der Waals surface area contributed by atoms with Crippen LogP contribution in [-0.2, 0) is 4.79 Å². The van der Waals surface area contributed by atoms with Crippen molar-refractivity contribution >= 4 is 11.8 Å². The second-order valence-electron chi connectivity index (χ2n) is 7.29. The summed E-state index contributed by atoms with van der Waals surface area (Å²) in [6, 6.07) is 6.18. The number of carbonyl (C=O) groups excluding carboxylic acids is 2. The number of rotatable bonds is 1. The molecule has 1 aromatic rings. The zero-order chi connectivity index (χ0) is 17.5. The van der Waals surface area contributed by atoms with Gasteiger partial charge in [0.15, 0.2) is 0 Å². The van der Waals surface area contributed by atoms with E-state index >= 15 is 0 Å². The van der Waals surface area contributed by atoms with E-state index in [0.29, 0.717) is 26.2 Å². The third kappa shape index (κ3) is 3.02. The molecule has 2 amide bonds. The maximum absolute atomic E-state index is 13.9. The van der Waals surface area contributed by atoms with Crippen LogP contribution in [0.3, 0.4) is 0 Å². The highest BCUT2D eigenvalue weighted by atomic mass is 19.1. The molecule has 3 rings (SSSR count). The van der Waals surface area contributed by atoms with Crippen molar-refractivity contribution in [3.63, 3.8) is 0 Å². The maximum Gasteiger partial charge on any atom is 0.256 e. The van der Waals surface area contributed by atoms with Crippen molar-refractivity contribution < 1.29 is 14.0 Å². The molecule has 0 bridgehead atoms. The van der Waals surface area contributed by atoms with E-state index < -0.39 is 5.82 Å². The number of carbonyl (C=O) groups is 2. The summed E-state index contributed by atoms with van der Waals surface area (Å²) < 4.78 is 13.9. The molecular weight excluding hydrogens is 309 g/mol. The quantitative estimate of drug-likeness (QED) is 0.784. The Hall–Kier alpha value is -1.95. The van der Waals surface area contributed by atoms with Crippen molar-refractivity contribution in [2.45, 2.75) is 32.4 Å². The molecule has 0 aliphatic carbocycles. The van der Waals surface area contributed by atoms with Gasteiger partial charge in [0.25, 0.3) is 5.91 Å². The van der Waals surface area contributed by atoms with Crippen LogP contribution < -0.4 is 0 Å². The molecule has 0 radical (unpaired) electrons. The van der Waals surface area contributed by atoms with Gasteiger partial charge in [0, 0.05) is 51.2 Å². The number of nitrogens with zero attached hydrogens (tertiary/aromatic N) is 3. The summed E-state index contributed by atoms with van der Waals surface area (Å²) in [6.45, 7) is 8.97. The number of benzene rings is 1. The first-order valence-corrected chi connectivity index (χ1v) is 8.35. The van der Waals surface area contributed by atoms with Crippen LogP contribution in [0.5, 0.6) is 0 Å². The van der Waals surface area contributed by atoms with Gasteiger partial charge in [-0.25, -0.2) is 4.39 Å². The Morgan fingerprint density at radius 1 is 1.12 bits per heavy atom. The molecule has 5 nitrogen and oxygen atoms in total. The van der Waals surface area contributed by atoms with E-state index in [-0.39, 0.29) is 29.0 Å². The van der Waals surface area contributed by atoms with Crippen molar-refractivity contribution in [2.75, 3.05) is 32.7 Å². The predicted molar refractivity (Wildman–Crippen MR) is 89.1 cm³/mol. The lowest BCUT2D eigenvalue weighted by atomic mass is 9.92. The van der Waals surface area contributed by atoms with Gasteiger partial charge < -0.3 is 9.80 Å². The lowest BCUT2D eigenvalue weighted by Crippen LogP contribution is -2.70. The van der Waals surface area contributed by atoms with Gasteiger partial charge in [0.05, 0.1) is 5.56 Å². The molecule has 0 aromatic heterocycles. The summed E-state index contributed by atoms with van der Waals surface area (Å²) in [5.41, 5.74) is -0.00807. The highest BCUT2D eigenvalue weighted by Gasteiger charge is 2.44. The number of hydrogen-bond donors (Lipinski definition) is 0. The first kappa shape index (κ1) is 16.9. The summed E-state index contributed by atoms with van der Waals surface area (Å²) in [5, 5.41) is 0. The highest BCUT2D eigenvalue weighted by molar-refractivity contribution is 5.94. The van der Waals surface area contributed by atoms with E-state index in [1.54, 1.807) is 24.0 Å². The van der Waals surface area contributed by atoms with Crippen LogP contribution >= 0.6 is 0 Å². The first-order valence-electron chi connectivity index (χ1n) is 8.35. The van der Waals surface area contributed by atoms with Crippen molar-refractivity contribution in [1.82, 2.24) is 14.7 Å². The number of amides is 2. The van der Waals surface area contributed by atoms with E-state index in [0.717, 1.165) is 6.54 Å². The van der Waals surface area contributed by atoms with Crippen LogP contribution in [-0.4, -0.2) is 70.8 Å². The third-order valence-electron chi connectivity index (χ3n) is 5.11. The van der Waals surface area contributed by atoms with Gasteiger partial charge in [-0.1, -0.05) is 12.1 Å². The molecule has 2 fully saturated rings. The van der Waals surface area contributed by atoms with E-state index in [1.807, 2.05) is 4.90 Å². The number of hydrogen-bond acceptors (Lipinski definition) is 3. The Kier molecular flexibility index (Phi) is 4.34. The topological polar surface area (TPSA) is 43.9 Å². The minimum Gasteiger partial charge on any atom is -0.339 e. The summed E-state index contributed by atoms with van der Waals surface area (Å²) >= 11 is 0. The van der Waals surface area contributed by atoms with Crippen LogP contribution in [0, 0.1) is 5.82 Å². The average Bonchev–Trinajstić information content (AvgIpc) is 2.53. The van der Waals surface area contributed by atoms with Gasteiger partial charge in [-0.2, -0.15) is 0 Å². The smallest absolute Gasteiger partial charge is 0.256 e. The fraction of sp³-hybridized carbons (Fsp3) is 0.556. The minimum atomic E-state index is -0.487. The molecule has 1 atom stereocenters. The van der Waals surface area contributed by atoms with Gasteiger partial charge in [-0.3, -0.25) is 14.5 Å². The molecule has 0 N–H and O–H groups in total. The predicted octanol–water partition coefficient (Wildman–Crippen LogP) is 1.59. The Labute approximate surface area is 142 Å². The number of fused-ring (bicyclic) bond motifs is 1. The molecule has 2 saturated heterocycles. The molecule has 24 heavy (non-hydrogen) atoms. The fourth-order valence-corrected chi connectivity index (χ4v) is 3.91. The molecule has 1 aromatic carbocycles. The Morgan fingerprint density at radius 3 is 2.46 bits per heavy atom. The zero-order valence-corrected chi connectivity index (χ0v) is 14.5. The van der Waals surface area contributed by atoms with Gasteiger partial charge >= 0.3 is 0 Å². The summed E-state index contributed by atoms with van der Waals surface area (Å²) in [7, 11) is 0. The average molecular weight is 333 g/mol. The molecule has 2 aliphatic heterocycles. The van der Waals surface area contributed by atoms with Crippen molar-refractivity contribution in [3.05, 3.63) is 35.6 Å². The lowest BCUT2D eigenvalue weighted by molar-refractivity contribution is -0.138. The van der Waals surface area contributed by atoms with Crippen LogP contribution in [0.4, 0.5) is 4.39 Å². The normalized spacial score (nSPS) is 23.8. The fourth-order valence-electron chi connectivity index (χ4n) is 3.91. The van der Waals surface area contributed by atoms with Crippen molar-refractivity contribution in [2.24, 2.45) is 0 Å². The second-order valence-corrected chi connectivity index (χ2v) is 7.29. The van der Waals surface area contributed by atoms with Crippen LogP contribution in [0.1, 0.15) is 31.1 Å². The Bertz CT molecular complexity index is 661. The number of halogens is 1. The second kappa shape index (κ2) is 6.16. The van der Waals surface area contributed by atoms with Crippen molar-refractivity contribution in [1.29, 1.82) is 0 Å². The SMILES string of the molecule is CC(=O)N1CC2CN(C(=O)c3ccccc3F)CCN2C(C)(C)C1. The standard InChI is InChI=1S/C18H24FN3O2/c1-13(23)21-11-14-10-20(8-9-22(14)18(2,3)12-21)17(24)15-6-4-5-7-16(15)19/h4-7,14H,8-12H2,1-3H3. The highest BCUT2D eigenvalue weighted by Crippen LogP contribution is 2.28. The third-order valence-corrected chi connectivity index (χ3v) is 5.11. The van der Waals surface area contributed by atoms with Gasteiger partial charge in [0.1, 0.15) is 5.82 Å².